The summed E-state index contributed by atoms with van der Waals surface area (Å²) in [6.45, 7) is 5.87. The van der Waals surface area contributed by atoms with Gasteiger partial charge in [-0.15, -0.1) is 0 Å². The molecule has 1 unspecified atom stereocenters. The van der Waals surface area contributed by atoms with Crippen molar-refractivity contribution in [2.24, 2.45) is 0 Å². The Hall–Kier alpha value is -3.30. The first-order valence-corrected chi connectivity index (χ1v) is 11.5. The van der Waals surface area contributed by atoms with Crippen LogP contribution in [0.4, 0.5) is 36.8 Å². The van der Waals surface area contributed by atoms with Crippen LogP contribution < -0.4 is 10.1 Å². The number of carboxylic acids is 1. The zero-order valence-corrected chi connectivity index (χ0v) is 21.7. The Kier molecular flexibility index (Phi) is 11.0. The lowest BCUT2D eigenvalue weighted by Crippen LogP contribution is -2.52. The topological polar surface area (TPSA) is 144 Å². The van der Waals surface area contributed by atoms with E-state index in [0.29, 0.717) is 6.07 Å². The van der Waals surface area contributed by atoms with Gasteiger partial charge in [-0.25, -0.2) is 19.4 Å². The maximum atomic E-state index is 13.8. The lowest BCUT2D eigenvalue weighted by atomic mass is 9.95. The number of amides is 1. The number of carbonyl (C=O) groups is 3. The van der Waals surface area contributed by atoms with Gasteiger partial charge < -0.3 is 24.4 Å². The van der Waals surface area contributed by atoms with Crippen LogP contribution in [0.15, 0.2) is 6.07 Å². The second kappa shape index (κ2) is 12.7. The Morgan fingerprint density at radius 2 is 1.64 bits per heavy atom. The third kappa shape index (κ3) is 9.75. The SMILES string of the molecule is COC(=O)c1nc(O[C@@H](C)CCCCCC(O)(C(=O)O)C(F)(F)F)c(C(F)(F)F)cc1NC(=O)OC(C)(C)C. The number of pyridine rings is 1. The van der Waals surface area contributed by atoms with Crippen molar-refractivity contribution in [2.45, 2.75) is 89.5 Å². The minimum Gasteiger partial charge on any atom is -0.479 e. The summed E-state index contributed by atoms with van der Waals surface area (Å²) < 4.78 is 94.7. The average molecular weight is 576 g/mol. The fraction of sp³-hybridized carbons (Fsp3) is 0.652. The quantitative estimate of drug-likeness (QED) is 0.181. The first-order chi connectivity index (χ1) is 17.6. The van der Waals surface area contributed by atoms with E-state index in [2.05, 4.69) is 9.72 Å². The molecule has 0 spiro atoms. The molecule has 0 radical (unpaired) electrons. The van der Waals surface area contributed by atoms with Crippen molar-refractivity contribution in [3.8, 4) is 5.88 Å². The molecule has 0 aliphatic heterocycles. The Morgan fingerprint density at radius 1 is 1.05 bits per heavy atom. The Bertz CT molecular complexity index is 1040. The van der Waals surface area contributed by atoms with Gasteiger partial charge in [0, 0.05) is 0 Å². The average Bonchev–Trinajstić information content (AvgIpc) is 2.75. The number of hydrogen-bond donors (Lipinski definition) is 3. The third-order valence-electron chi connectivity index (χ3n) is 5.09. The van der Waals surface area contributed by atoms with Crippen LogP contribution in [0.5, 0.6) is 5.88 Å². The van der Waals surface area contributed by atoms with E-state index in [0.717, 1.165) is 7.11 Å². The second-order valence-corrected chi connectivity index (χ2v) is 9.54. The van der Waals surface area contributed by atoms with Crippen LogP contribution in [0.3, 0.4) is 0 Å². The fourth-order valence-corrected chi connectivity index (χ4v) is 3.16. The van der Waals surface area contributed by atoms with Crippen LogP contribution in [-0.2, 0) is 20.4 Å². The predicted molar refractivity (Wildman–Crippen MR) is 122 cm³/mol. The number of esters is 1. The summed E-state index contributed by atoms with van der Waals surface area (Å²) in [6, 6.07) is 0.426. The number of carbonyl (C=O) groups excluding carboxylic acids is 2. The van der Waals surface area contributed by atoms with E-state index in [1.165, 1.54) is 27.7 Å². The van der Waals surface area contributed by atoms with Gasteiger partial charge in [0.05, 0.1) is 18.9 Å². The molecule has 0 saturated carbocycles. The molecule has 1 amide bonds. The molecule has 1 rings (SSSR count). The van der Waals surface area contributed by atoms with Gasteiger partial charge >= 0.3 is 30.4 Å². The zero-order valence-electron chi connectivity index (χ0n) is 21.7. The number of anilines is 1. The minimum atomic E-state index is -5.39. The first-order valence-electron chi connectivity index (χ1n) is 11.5. The Morgan fingerprint density at radius 3 is 2.10 bits per heavy atom. The molecule has 0 aliphatic carbocycles. The van der Waals surface area contributed by atoms with Gasteiger partial charge in [-0.1, -0.05) is 6.42 Å². The summed E-state index contributed by atoms with van der Waals surface area (Å²) in [5, 5.41) is 20.2. The van der Waals surface area contributed by atoms with Crippen LogP contribution in [0.2, 0.25) is 0 Å². The molecule has 2 atom stereocenters. The van der Waals surface area contributed by atoms with Gasteiger partial charge in [0.25, 0.3) is 5.60 Å². The standard InChI is InChI=1S/C23H30F6N2O8/c1-12(9-7-6-8-10-21(36,18(33)34)23(27,28)29)38-16-13(22(24,25)26)11-14(15(31-16)17(32)37-5)30-19(35)39-20(2,3)4/h11-12,36H,6-10H2,1-5H3,(H,30,35)(H,33,34)/t12-,21?/m0/s1. The van der Waals surface area contributed by atoms with E-state index in [1.807, 2.05) is 5.32 Å². The molecular formula is C23H30F6N2O8. The van der Waals surface area contributed by atoms with Crippen molar-refractivity contribution >= 4 is 23.7 Å². The highest BCUT2D eigenvalue weighted by Gasteiger charge is 2.59. The van der Waals surface area contributed by atoms with Gasteiger partial charge in [-0.2, -0.15) is 26.3 Å². The largest absolute Gasteiger partial charge is 0.479 e. The number of nitrogens with zero attached hydrogens (tertiary/aromatic N) is 1. The van der Waals surface area contributed by atoms with Gasteiger partial charge in [0.1, 0.15) is 11.2 Å². The number of unbranched alkanes of at least 4 members (excludes halogenated alkanes) is 2. The molecule has 16 heteroatoms. The van der Waals surface area contributed by atoms with Gasteiger partial charge in [-0.05, 0) is 59.4 Å². The number of halogens is 6. The normalized spacial score (nSPS) is 14.7. The molecular weight excluding hydrogens is 546 g/mol. The molecule has 0 aliphatic rings. The van der Waals surface area contributed by atoms with E-state index in [1.54, 1.807) is 0 Å². The number of hydrogen-bond acceptors (Lipinski definition) is 8. The summed E-state index contributed by atoms with van der Waals surface area (Å²) in [4.78, 5) is 38.7. The Labute approximate surface area is 219 Å². The van der Waals surface area contributed by atoms with Crippen LogP contribution >= 0.6 is 0 Å². The molecule has 0 fully saturated rings. The molecule has 0 bridgehead atoms. The van der Waals surface area contributed by atoms with E-state index in [-0.39, 0.29) is 25.7 Å². The highest BCUT2D eigenvalue weighted by Crippen LogP contribution is 2.39. The third-order valence-corrected chi connectivity index (χ3v) is 5.09. The van der Waals surface area contributed by atoms with Crippen molar-refractivity contribution in [1.82, 2.24) is 4.98 Å². The highest BCUT2D eigenvalue weighted by molar-refractivity contribution is 5.98. The molecule has 1 aromatic heterocycles. The molecule has 3 N–H and O–H groups in total. The summed E-state index contributed by atoms with van der Waals surface area (Å²) in [5.41, 5.74) is -7.73. The molecule has 39 heavy (non-hydrogen) atoms. The number of methoxy groups -OCH3 is 1. The monoisotopic (exact) mass is 576 g/mol. The molecule has 1 heterocycles. The maximum absolute atomic E-state index is 13.8. The van der Waals surface area contributed by atoms with Crippen molar-refractivity contribution in [3.63, 3.8) is 0 Å². The van der Waals surface area contributed by atoms with Crippen LogP contribution in [0.25, 0.3) is 0 Å². The fourth-order valence-electron chi connectivity index (χ4n) is 3.16. The molecule has 0 aromatic carbocycles. The Balaban J connectivity index is 3.06. The second-order valence-electron chi connectivity index (χ2n) is 9.54. The number of ether oxygens (including phenoxy) is 3. The number of aromatic nitrogens is 1. The van der Waals surface area contributed by atoms with Crippen molar-refractivity contribution in [3.05, 3.63) is 17.3 Å². The van der Waals surface area contributed by atoms with E-state index in [9.17, 15) is 45.8 Å². The van der Waals surface area contributed by atoms with Crippen LogP contribution in [-0.4, -0.2) is 63.8 Å². The summed E-state index contributed by atoms with van der Waals surface area (Å²) in [7, 11) is 0.937. The molecule has 10 nitrogen and oxygen atoms in total. The lowest BCUT2D eigenvalue weighted by molar-refractivity contribution is -0.262. The number of aliphatic carboxylic acids is 1. The molecule has 0 saturated heterocycles. The smallest absolute Gasteiger partial charge is 0.428 e. The van der Waals surface area contributed by atoms with E-state index >= 15 is 0 Å². The highest BCUT2D eigenvalue weighted by atomic mass is 19.4. The van der Waals surface area contributed by atoms with Crippen molar-refractivity contribution < 1.29 is 65.1 Å². The van der Waals surface area contributed by atoms with Gasteiger partial charge in [0.2, 0.25) is 5.88 Å². The predicted octanol–water partition coefficient (Wildman–Crippen LogP) is 5.33. The van der Waals surface area contributed by atoms with Crippen LogP contribution in [0, 0.1) is 0 Å². The van der Waals surface area contributed by atoms with Crippen LogP contribution in [0.1, 0.15) is 75.9 Å². The maximum Gasteiger partial charge on any atom is 0.428 e. The number of rotatable bonds is 11. The zero-order chi connectivity index (χ0) is 30.4. The molecule has 222 valence electrons. The number of carboxylic acid groups (broad SMARTS) is 1. The number of aliphatic hydroxyl groups is 1. The van der Waals surface area contributed by atoms with Crippen molar-refractivity contribution in [2.75, 3.05) is 12.4 Å². The first kappa shape index (κ1) is 33.7. The van der Waals surface area contributed by atoms with Gasteiger partial charge in [0.15, 0.2) is 5.69 Å². The van der Waals surface area contributed by atoms with Crippen molar-refractivity contribution in [1.29, 1.82) is 0 Å². The van der Waals surface area contributed by atoms with E-state index in [4.69, 9.17) is 14.6 Å². The number of nitrogens with one attached hydrogen (secondary N) is 1. The summed E-state index contributed by atoms with van der Waals surface area (Å²) in [5.74, 6) is -4.64. The summed E-state index contributed by atoms with van der Waals surface area (Å²) in [6.07, 6.45) is -14.0. The minimum absolute atomic E-state index is 0.00195. The number of alkyl halides is 6. The van der Waals surface area contributed by atoms with E-state index < -0.39 is 76.9 Å². The summed E-state index contributed by atoms with van der Waals surface area (Å²) >= 11 is 0. The molecule has 1 aromatic rings. The lowest BCUT2D eigenvalue weighted by Gasteiger charge is -2.26. The van der Waals surface area contributed by atoms with Gasteiger partial charge in [-0.3, -0.25) is 5.32 Å².